The molecule has 92 valence electrons. The summed E-state index contributed by atoms with van der Waals surface area (Å²) in [6.45, 7) is 2.45. The molecule has 0 heterocycles. The lowest BCUT2D eigenvalue weighted by Crippen LogP contribution is -1.99. The van der Waals surface area contributed by atoms with Crippen LogP contribution in [0.25, 0.3) is 11.1 Å². The third-order valence-corrected chi connectivity index (χ3v) is 2.61. The molecule has 0 aliphatic heterocycles. The Kier molecular flexibility index (Phi) is 3.63. The van der Waals surface area contributed by atoms with Gasteiger partial charge in [-0.3, -0.25) is 0 Å². The van der Waals surface area contributed by atoms with E-state index in [1.165, 1.54) is 0 Å². The Hall–Kier alpha value is -2.29. The van der Waals surface area contributed by atoms with E-state index < -0.39 is 5.97 Å². The molecule has 3 nitrogen and oxygen atoms in total. The maximum Gasteiger partial charge on any atom is 0.335 e. The average molecular weight is 242 g/mol. The maximum atomic E-state index is 11.0. The molecule has 0 aromatic heterocycles. The number of carboxylic acid groups (broad SMARTS) is 1. The lowest BCUT2D eigenvalue weighted by Gasteiger charge is -2.11. The van der Waals surface area contributed by atoms with Crippen molar-refractivity contribution in [2.45, 2.75) is 6.92 Å². The summed E-state index contributed by atoms with van der Waals surface area (Å²) in [4.78, 5) is 11.0. The normalized spacial score (nSPS) is 10.1. The molecule has 0 bridgehead atoms. The van der Waals surface area contributed by atoms with Gasteiger partial charge in [0.2, 0.25) is 0 Å². The summed E-state index contributed by atoms with van der Waals surface area (Å²) < 4.78 is 5.53. The minimum absolute atomic E-state index is 0.261. The second-order valence-corrected chi connectivity index (χ2v) is 3.82. The van der Waals surface area contributed by atoms with Gasteiger partial charge in [-0.1, -0.05) is 30.3 Å². The Morgan fingerprint density at radius 3 is 2.50 bits per heavy atom. The zero-order valence-electron chi connectivity index (χ0n) is 10.1. The van der Waals surface area contributed by atoms with Crippen LogP contribution in [0.3, 0.4) is 0 Å². The largest absolute Gasteiger partial charge is 0.493 e. The zero-order valence-corrected chi connectivity index (χ0v) is 10.1. The molecular weight excluding hydrogens is 228 g/mol. The van der Waals surface area contributed by atoms with Crippen LogP contribution in [-0.4, -0.2) is 17.7 Å². The first-order valence-electron chi connectivity index (χ1n) is 5.78. The molecule has 3 heteroatoms. The molecule has 2 aromatic carbocycles. The smallest absolute Gasteiger partial charge is 0.335 e. The van der Waals surface area contributed by atoms with Crippen LogP contribution in [0.1, 0.15) is 17.3 Å². The Labute approximate surface area is 106 Å². The van der Waals surface area contributed by atoms with Crippen LogP contribution in [0.15, 0.2) is 48.5 Å². The van der Waals surface area contributed by atoms with E-state index in [1.807, 2.05) is 37.3 Å². The van der Waals surface area contributed by atoms with Crippen LogP contribution >= 0.6 is 0 Å². The van der Waals surface area contributed by atoms with Gasteiger partial charge in [-0.2, -0.15) is 0 Å². The molecule has 0 spiro atoms. The summed E-state index contributed by atoms with van der Waals surface area (Å²) in [5, 5.41) is 9.04. The monoisotopic (exact) mass is 242 g/mol. The van der Waals surface area contributed by atoms with Crippen molar-refractivity contribution >= 4 is 5.97 Å². The van der Waals surface area contributed by atoms with Crippen LogP contribution in [-0.2, 0) is 0 Å². The van der Waals surface area contributed by atoms with Gasteiger partial charge >= 0.3 is 5.97 Å². The minimum atomic E-state index is -0.935. The van der Waals surface area contributed by atoms with E-state index in [-0.39, 0.29) is 5.56 Å². The standard InChI is InChI=1S/C15H14O3/c1-2-18-14-9-8-12(15(16)17)10-13(14)11-6-4-3-5-7-11/h3-10H,2H2,1H3,(H,16,17). The van der Waals surface area contributed by atoms with Crippen LogP contribution in [0.2, 0.25) is 0 Å². The first kappa shape index (κ1) is 12.2. The molecule has 0 amide bonds. The lowest BCUT2D eigenvalue weighted by atomic mass is 10.0. The van der Waals surface area contributed by atoms with Gasteiger partial charge in [0.1, 0.15) is 5.75 Å². The van der Waals surface area contributed by atoms with E-state index in [0.29, 0.717) is 12.4 Å². The number of benzene rings is 2. The number of hydrogen-bond acceptors (Lipinski definition) is 2. The number of ether oxygens (including phenoxy) is 1. The summed E-state index contributed by atoms with van der Waals surface area (Å²) in [5.74, 6) is -0.232. The van der Waals surface area contributed by atoms with Gasteiger partial charge in [0.15, 0.2) is 0 Å². The lowest BCUT2D eigenvalue weighted by molar-refractivity contribution is 0.0697. The number of carboxylic acids is 1. The SMILES string of the molecule is CCOc1ccc(C(=O)O)cc1-c1ccccc1. The van der Waals surface area contributed by atoms with E-state index in [0.717, 1.165) is 11.1 Å². The fourth-order valence-electron chi connectivity index (χ4n) is 1.79. The van der Waals surface area contributed by atoms with Crippen molar-refractivity contribution < 1.29 is 14.6 Å². The van der Waals surface area contributed by atoms with Crippen LogP contribution in [0, 0.1) is 0 Å². The summed E-state index contributed by atoms with van der Waals surface area (Å²) >= 11 is 0. The molecule has 1 N–H and O–H groups in total. The number of rotatable bonds is 4. The first-order valence-corrected chi connectivity index (χ1v) is 5.78. The molecule has 0 fully saturated rings. The molecule has 2 aromatic rings. The summed E-state index contributed by atoms with van der Waals surface area (Å²) in [6, 6.07) is 14.5. The van der Waals surface area contributed by atoms with Crippen molar-refractivity contribution in [3.05, 3.63) is 54.1 Å². The highest BCUT2D eigenvalue weighted by Crippen LogP contribution is 2.31. The number of aromatic carboxylic acids is 1. The van der Waals surface area contributed by atoms with Crippen LogP contribution < -0.4 is 4.74 Å². The summed E-state index contributed by atoms with van der Waals surface area (Å²) in [5.41, 5.74) is 2.01. The fraction of sp³-hybridized carbons (Fsp3) is 0.133. The molecule has 0 aliphatic carbocycles. The second kappa shape index (κ2) is 5.36. The Bertz CT molecular complexity index is 547. The second-order valence-electron chi connectivity index (χ2n) is 3.82. The molecule has 0 atom stereocenters. The highest BCUT2D eigenvalue weighted by Gasteiger charge is 2.10. The summed E-state index contributed by atoms with van der Waals surface area (Å²) in [6.07, 6.45) is 0. The molecule has 0 saturated carbocycles. The van der Waals surface area contributed by atoms with E-state index in [4.69, 9.17) is 9.84 Å². The van der Waals surface area contributed by atoms with Crippen molar-refractivity contribution in [1.29, 1.82) is 0 Å². The fourth-order valence-corrected chi connectivity index (χ4v) is 1.79. The minimum Gasteiger partial charge on any atom is -0.493 e. The molecular formula is C15H14O3. The Morgan fingerprint density at radius 2 is 1.89 bits per heavy atom. The Morgan fingerprint density at radius 1 is 1.17 bits per heavy atom. The Balaban J connectivity index is 2.54. The molecule has 0 saturated heterocycles. The predicted molar refractivity (Wildman–Crippen MR) is 70.0 cm³/mol. The molecule has 2 rings (SSSR count). The van der Waals surface area contributed by atoms with E-state index >= 15 is 0 Å². The van der Waals surface area contributed by atoms with Crippen molar-refractivity contribution in [1.82, 2.24) is 0 Å². The predicted octanol–water partition coefficient (Wildman–Crippen LogP) is 3.45. The van der Waals surface area contributed by atoms with Crippen molar-refractivity contribution in [3.8, 4) is 16.9 Å². The first-order chi connectivity index (χ1) is 8.72. The van der Waals surface area contributed by atoms with E-state index in [9.17, 15) is 4.79 Å². The number of carbonyl (C=O) groups is 1. The van der Waals surface area contributed by atoms with E-state index in [2.05, 4.69) is 0 Å². The zero-order chi connectivity index (χ0) is 13.0. The van der Waals surface area contributed by atoms with Gasteiger partial charge < -0.3 is 9.84 Å². The molecule has 0 unspecified atom stereocenters. The topological polar surface area (TPSA) is 46.5 Å². The van der Waals surface area contributed by atoms with Crippen molar-refractivity contribution in [2.24, 2.45) is 0 Å². The van der Waals surface area contributed by atoms with Crippen molar-refractivity contribution in [2.75, 3.05) is 6.61 Å². The van der Waals surface area contributed by atoms with Gasteiger partial charge in [0.25, 0.3) is 0 Å². The van der Waals surface area contributed by atoms with Gasteiger partial charge in [-0.05, 0) is 30.7 Å². The van der Waals surface area contributed by atoms with Crippen molar-refractivity contribution in [3.63, 3.8) is 0 Å². The van der Waals surface area contributed by atoms with Gasteiger partial charge in [0, 0.05) is 5.56 Å². The van der Waals surface area contributed by atoms with Crippen LogP contribution in [0.5, 0.6) is 5.75 Å². The third-order valence-electron chi connectivity index (χ3n) is 2.61. The average Bonchev–Trinajstić information content (AvgIpc) is 2.40. The third kappa shape index (κ3) is 2.51. The van der Waals surface area contributed by atoms with Crippen LogP contribution in [0.4, 0.5) is 0 Å². The summed E-state index contributed by atoms with van der Waals surface area (Å²) in [7, 11) is 0. The molecule has 0 radical (unpaired) electrons. The maximum absolute atomic E-state index is 11.0. The van der Waals surface area contributed by atoms with Gasteiger partial charge in [0.05, 0.1) is 12.2 Å². The van der Waals surface area contributed by atoms with E-state index in [1.54, 1.807) is 18.2 Å². The quantitative estimate of drug-likeness (QED) is 0.893. The molecule has 18 heavy (non-hydrogen) atoms. The van der Waals surface area contributed by atoms with Gasteiger partial charge in [-0.15, -0.1) is 0 Å². The highest BCUT2D eigenvalue weighted by atomic mass is 16.5. The highest BCUT2D eigenvalue weighted by molar-refractivity contribution is 5.90. The molecule has 0 aliphatic rings. The number of hydrogen-bond donors (Lipinski definition) is 1. The van der Waals surface area contributed by atoms with Gasteiger partial charge in [-0.25, -0.2) is 4.79 Å².